The van der Waals surface area contributed by atoms with E-state index in [0.717, 1.165) is 12.0 Å². The molecule has 0 saturated carbocycles. The zero-order valence-electron chi connectivity index (χ0n) is 9.02. The van der Waals surface area contributed by atoms with Gasteiger partial charge >= 0.3 is 0 Å². The van der Waals surface area contributed by atoms with Crippen LogP contribution in [0.2, 0.25) is 0 Å². The van der Waals surface area contributed by atoms with Crippen molar-refractivity contribution < 1.29 is 4.79 Å². The lowest BCUT2D eigenvalue weighted by Crippen LogP contribution is -2.05. The van der Waals surface area contributed by atoms with E-state index in [-0.39, 0.29) is 11.7 Å². The number of ketones is 1. The molecule has 0 spiro atoms. The van der Waals surface area contributed by atoms with Gasteiger partial charge in [0.05, 0.1) is 0 Å². The van der Waals surface area contributed by atoms with Gasteiger partial charge in [0.2, 0.25) is 0 Å². The van der Waals surface area contributed by atoms with Crippen molar-refractivity contribution in [3.63, 3.8) is 0 Å². The average Bonchev–Trinajstić information content (AvgIpc) is 2.27. The van der Waals surface area contributed by atoms with E-state index < -0.39 is 0 Å². The molecule has 0 amide bonds. The van der Waals surface area contributed by atoms with Crippen molar-refractivity contribution in [1.29, 1.82) is 0 Å². The molecule has 1 atom stereocenters. The van der Waals surface area contributed by atoms with Gasteiger partial charge in [-0.3, -0.25) is 4.79 Å². The molecule has 1 aromatic carbocycles. The zero-order valence-corrected chi connectivity index (χ0v) is 9.02. The Hall–Kier alpha value is -1.63. The molecule has 1 aromatic rings. The van der Waals surface area contributed by atoms with Crippen LogP contribution >= 0.6 is 0 Å². The summed E-state index contributed by atoms with van der Waals surface area (Å²) in [4.78, 5) is 11.6. The highest BCUT2D eigenvalue weighted by atomic mass is 16.1. The summed E-state index contributed by atoms with van der Waals surface area (Å²) in [7, 11) is 0. The van der Waals surface area contributed by atoms with Gasteiger partial charge in [-0.15, -0.1) is 6.58 Å². The van der Waals surface area contributed by atoms with Crippen molar-refractivity contribution in [3.8, 4) is 0 Å². The highest BCUT2D eigenvalue weighted by Crippen LogP contribution is 2.07. The van der Waals surface area contributed by atoms with E-state index >= 15 is 0 Å². The van der Waals surface area contributed by atoms with Gasteiger partial charge in [-0.25, -0.2) is 0 Å². The van der Waals surface area contributed by atoms with Crippen molar-refractivity contribution in [2.24, 2.45) is 5.92 Å². The summed E-state index contributed by atoms with van der Waals surface area (Å²) in [6.07, 6.45) is 6.00. The molecule has 0 bridgehead atoms. The third kappa shape index (κ3) is 3.94. The fourth-order valence-corrected chi connectivity index (χ4v) is 1.27. The van der Waals surface area contributed by atoms with Gasteiger partial charge in [-0.2, -0.15) is 0 Å². The second kappa shape index (κ2) is 5.97. The summed E-state index contributed by atoms with van der Waals surface area (Å²) < 4.78 is 0. The first-order valence-corrected chi connectivity index (χ1v) is 5.12. The van der Waals surface area contributed by atoms with Gasteiger partial charge in [0, 0.05) is 5.92 Å². The van der Waals surface area contributed by atoms with Crippen LogP contribution in [0.1, 0.15) is 18.9 Å². The van der Waals surface area contributed by atoms with Gasteiger partial charge in [0.15, 0.2) is 5.78 Å². The Bertz CT molecular complexity index is 349. The van der Waals surface area contributed by atoms with E-state index in [1.54, 1.807) is 12.2 Å². The summed E-state index contributed by atoms with van der Waals surface area (Å²) in [6.45, 7) is 5.54. The molecule has 1 rings (SSSR count). The number of carbonyl (C=O) groups excluding carboxylic acids is 1. The number of carbonyl (C=O) groups is 1. The first-order valence-electron chi connectivity index (χ1n) is 5.12. The van der Waals surface area contributed by atoms with Crippen molar-refractivity contribution in [2.75, 3.05) is 0 Å². The summed E-state index contributed by atoms with van der Waals surface area (Å²) in [6, 6.07) is 9.82. The Morgan fingerprint density at radius 1 is 1.40 bits per heavy atom. The number of benzene rings is 1. The van der Waals surface area contributed by atoms with Crippen LogP contribution in [0.3, 0.4) is 0 Å². The van der Waals surface area contributed by atoms with Crippen LogP contribution in [-0.2, 0) is 4.79 Å². The van der Waals surface area contributed by atoms with Crippen LogP contribution < -0.4 is 0 Å². The third-order valence-corrected chi connectivity index (χ3v) is 2.25. The molecular weight excluding hydrogens is 184 g/mol. The molecular formula is C14H16O. The first kappa shape index (κ1) is 11.4. The van der Waals surface area contributed by atoms with Crippen molar-refractivity contribution >= 4 is 11.9 Å². The second-order valence-electron chi connectivity index (χ2n) is 3.57. The summed E-state index contributed by atoms with van der Waals surface area (Å²) in [5, 5.41) is 0. The minimum Gasteiger partial charge on any atom is -0.295 e. The third-order valence-electron chi connectivity index (χ3n) is 2.25. The van der Waals surface area contributed by atoms with Crippen molar-refractivity contribution in [1.82, 2.24) is 0 Å². The lowest BCUT2D eigenvalue weighted by Gasteiger charge is -2.02. The van der Waals surface area contributed by atoms with Crippen LogP contribution in [0.5, 0.6) is 0 Å². The van der Waals surface area contributed by atoms with E-state index in [4.69, 9.17) is 0 Å². The largest absolute Gasteiger partial charge is 0.295 e. The molecule has 15 heavy (non-hydrogen) atoms. The lowest BCUT2D eigenvalue weighted by atomic mass is 10.0. The standard InChI is InChI=1S/C14H16O/c1-3-7-12(2)14(15)11-10-13-8-5-4-6-9-13/h3-6,8-12H,1,7H2,2H3/b11-10+. The van der Waals surface area contributed by atoms with Gasteiger partial charge in [0.25, 0.3) is 0 Å². The molecule has 0 fully saturated rings. The fraction of sp³-hybridized carbons (Fsp3) is 0.214. The minimum atomic E-state index is 0.0301. The van der Waals surface area contributed by atoms with Gasteiger partial charge < -0.3 is 0 Å². The van der Waals surface area contributed by atoms with Crippen LogP contribution in [-0.4, -0.2) is 5.78 Å². The minimum absolute atomic E-state index is 0.0301. The number of allylic oxidation sites excluding steroid dienone is 2. The number of rotatable bonds is 5. The van der Waals surface area contributed by atoms with Crippen molar-refractivity contribution in [2.45, 2.75) is 13.3 Å². The van der Waals surface area contributed by atoms with Crippen LogP contribution in [0, 0.1) is 5.92 Å². The van der Waals surface area contributed by atoms with Crippen LogP contribution in [0.25, 0.3) is 6.08 Å². The van der Waals surface area contributed by atoms with Gasteiger partial charge in [0.1, 0.15) is 0 Å². The Balaban J connectivity index is 2.58. The maximum atomic E-state index is 11.6. The highest BCUT2D eigenvalue weighted by Gasteiger charge is 2.06. The van der Waals surface area contributed by atoms with E-state index in [2.05, 4.69) is 6.58 Å². The highest BCUT2D eigenvalue weighted by molar-refractivity contribution is 5.95. The maximum absolute atomic E-state index is 11.6. The Morgan fingerprint density at radius 3 is 2.67 bits per heavy atom. The Morgan fingerprint density at radius 2 is 2.07 bits per heavy atom. The van der Waals surface area contributed by atoms with Gasteiger partial charge in [-0.1, -0.05) is 49.4 Å². The molecule has 1 unspecified atom stereocenters. The SMILES string of the molecule is C=CCC(C)C(=O)/C=C/c1ccccc1. The molecule has 0 heterocycles. The summed E-state index contributed by atoms with van der Waals surface area (Å²) >= 11 is 0. The zero-order chi connectivity index (χ0) is 11.1. The molecule has 0 saturated heterocycles. The summed E-state index contributed by atoms with van der Waals surface area (Å²) in [5.74, 6) is 0.182. The normalized spacial score (nSPS) is 12.6. The number of hydrogen-bond donors (Lipinski definition) is 0. The molecule has 0 N–H and O–H groups in total. The average molecular weight is 200 g/mol. The smallest absolute Gasteiger partial charge is 0.158 e. The van der Waals surface area contributed by atoms with Crippen LogP contribution in [0.4, 0.5) is 0 Å². The lowest BCUT2D eigenvalue weighted by molar-refractivity contribution is -0.117. The molecule has 0 aliphatic heterocycles. The molecule has 0 aliphatic carbocycles. The molecule has 1 heteroatoms. The fourth-order valence-electron chi connectivity index (χ4n) is 1.27. The van der Waals surface area contributed by atoms with Crippen LogP contribution in [0.15, 0.2) is 49.1 Å². The molecule has 0 aromatic heterocycles. The number of hydrogen-bond acceptors (Lipinski definition) is 1. The Labute approximate surface area is 91.1 Å². The van der Waals surface area contributed by atoms with E-state index in [0.29, 0.717) is 0 Å². The molecule has 0 radical (unpaired) electrons. The monoisotopic (exact) mass is 200 g/mol. The van der Waals surface area contributed by atoms with E-state index in [1.807, 2.05) is 43.3 Å². The quantitative estimate of drug-likeness (QED) is 0.525. The predicted molar refractivity (Wildman–Crippen MR) is 64.5 cm³/mol. The maximum Gasteiger partial charge on any atom is 0.158 e. The molecule has 0 aliphatic rings. The predicted octanol–water partition coefficient (Wildman–Crippen LogP) is 3.48. The van der Waals surface area contributed by atoms with E-state index in [9.17, 15) is 4.79 Å². The molecule has 78 valence electrons. The Kier molecular flexibility index (Phi) is 4.55. The first-order chi connectivity index (χ1) is 7.24. The molecule has 1 nitrogen and oxygen atoms in total. The van der Waals surface area contributed by atoms with E-state index in [1.165, 1.54) is 0 Å². The van der Waals surface area contributed by atoms with Crippen molar-refractivity contribution in [3.05, 3.63) is 54.6 Å². The van der Waals surface area contributed by atoms with Gasteiger partial charge in [-0.05, 0) is 18.1 Å². The summed E-state index contributed by atoms with van der Waals surface area (Å²) in [5.41, 5.74) is 1.05. The second-order valence-corrected chi connectivity index (χ2v) is 3.57. The topological polar surface area (TPSA) is 17.1 Å².